The molecule has 0 aliphatic heterocycles. The van der Waals surface area contributed by atoms with E-state index in [1.165, 1.54) is 16.9 Å². The van der Waals surface area contributed by atoms with E-state index in [1.54, 1.807) is 0 Å². The lowest BCUT2D eigenvalue weighted by atomic mass is 10.2. The van der Waals surface area contributed by atoms with E-state index in [2.05, 4.69) is 25.7 Å². The summed E-state index contributed by atoms with van der Waals surface area (Å²) in [5, 5.41) is 9.67. The molecule has 26 heavy (non-hydrogen) atoms. The highest BCUT2D eigenvalue weighted by molar-refractivity contribution is 5.56. The van der Waals surface area contributed by atoms with E-state index < -0.39 is 11.7 Å². The third-order valence-electron chi connectivity index (χ3n) is 4.49. The van der Waals surface area contributed by atoms with Gasteiger partial charge in [-0.1, -0.05) is 0 Å². The Hall–Kier alpha value is -2.65. The van der Waals surface area contributed by atoms with Crippen molar-refractivity contribution in [1.82, 2.24) is 19.7 Å². The molecule has 2 saturated carbocycles. The largest absolute Gasteiger partial charge is 0.421 e. The summed E-state index contributed by atoms with van der Waals surface area (Å²) in [6.45, 7) is 1.84. The standard InChI is InChI=1S/C16H17F3N6O/c1-15(4-5-15)24-13-11(16(17,18)19)8-20-14(23-13)22-9-6-12(26)25(21-7-9)10-2-3-10/h6-8,10H,2-5H2,1H3,(H2,20,22,23,24). The van der Waals surface area contributed by atoms with Gasteiger partial charge in [-0.2, -0.15) is 23.3 Å². The zero-order chi connectivity index (χ0) is 18.5. The van der Waals surface area contributed by atoms with Gasteiger partial charge in [0.25, 0.3) is 5.56 Å². The van der Waals surface area contributed by atoms with Crippen LogP contribution in [0.2, 0.25) is 0 Å². The fourth-order valence-corrected chi connectivity index (χ4v) is 2.55. The van der Waals surface area contributed by atoms with Crippen molar-refractivity contribution < 1.29 is 13.2 Å². The quantitative estimate of drug-likeness (QED) is 0.846. The van der Waals surface area contributed by atoms with Gasteiger partial charge in [-0.25, -0.2) is 9.67 Å². The summed E-state index contributed by atoms with van der Waals surface area (Å²) < 4.78 is 41.0. The van der Waals surface area contributed by atoms with Gasteiger partial charge >= 0.3 is 6.18 Å². The van der Waals surface area contributed by atoms with Gasteiger partial charge in [0.15, 0.2) is 0 Å². The van der Waals surface area contributed by atoms with Crippen molar-refractivity contribution in [1.29, 1.82) is 0 Å². The second-order valence-electron chi connectivity index (χ2n) is 7.02. The minimum absolute atomic E-state index is 0.0323. The lowest BCUT2D eigenvalue weighted by molar-refractivity contribution is -0.137. The second-order valence-corrected chi connectivity index (χ2v) is 7.02. The maximum Gasteiger partial charge on any atom is 0.421 e. The third kappa shape index (κ3) is 3.49. The Morgan fingerprint density at radius 1 is 1.27 bits per heavy atom. The van der Waals surface area contributed by atoms with Crippen LogP contribution in [-0.4, -0.2) is 25.3 Å². The van der Waals surface area contributed by atoms with Crippen LogP contribution in [0.5, 0.6) is 0 Å². The molecule has 7 nitrogen and oxygen atoms in total. The monoisotopic (exact) mass is 366 g/mol. The first-order valence-corrected chi connectivity index (χ1v) is 8.32. The molecule has 0 atom stereocenters. The van der Waals surface area contributed by atoms with Crippen molar-refractivity contribution in [3.63, 3.8) is 0 Å². The molecule has 138 valence electrons. The Labute approximate surface area is 146 Å². The molecule has 0 unspecified atom stereocenters. The molecule has 2 aromatic rings. The van der Waals surface area contributed by atoms with Crippen LogP contribution in [0.15, 0.2) is 23.3 Å². The number of nitrogens with one attached hydrogen (secondary N) is 2. The molecule has 0 radical (unpaired) electrons. The average Bonchev–Trinajstić information content (AvgIpc) is 3.45. The minimum atomic E-state index is -4.56. The number of alkyl halides is 3. The molecule has 0 amide bonds. The van der Waals surface area contributed by atoms with Crippen LogP contribution in [0.4, 0.5) is 30.6 Å². The molecule has 4 rings (SSSR count). The molecular formula is C16H17F3N6O. The van der Waals surface area contributed by atoms with Crippen LogP contribution in [0.3, 0.4) is 0 Å². The predicted molar refractivity (Wildman–Crippen MR) is 88.3 cm³/mol. The normalized spacial score (nSPS) is 18.5. The summed E-state index contributed by atoms with van der Waals surface area (Å²) in [6, 6.07) is 1.48. The number of hydrogen-bond donors (Lipinski definition) is 2. The highest BCUT2D eigenvalue weighted by atomic mass is 19.4. The van der Waals surface area contributed by atoms with Crippen molar-refractivity contribution in [2.45, 2.75) is 50.4 Å². The van der Waals surface area contributed by atoms with E-state index in [4.69, 9.17) is 0 Å². The molecule has 2 aliphatic rings. The molecule has 0 saturated heterocycles. The summed E-state index contributed by atoms with van der Waals surface area (Å²) >= 11 is 0. The van der Waals surface area contributed by atoms with Gasteiger partial charge in [0.1, 0.15) is 11.4 Å². The molecular weight excluding hydrogens is 349 g/mol. The zero-order valence-corrected chi connectivity index (χ0v) is 14.0. The maximum absolute atomic E-state index is 13.2. The van der Waals surface area contributed by atoms with E-state index >= 15 is 0 Å². The van der Waals surface area contributed by atoms with Crippen LogP contribution >= 0.6 is 0 Å². The fourth-order valence-electron chi connectivity index (χ4n) is 2.55. The number of rotatable bonds is 5. The Morgan fingerprint density at radius 3 is 2.58 bits per heavy atom. The first-order chi connectivity index (χ1) is 12.2. The predicted octanol–water partition coefficient (Wildman–Crippen LogP) is 3.10. The highest BCUT2D eigenvalue weighted by Gasteiger charge is 2.42. The highest BCUT2D eigenvalue weighted by Crippen LogP contribution is 2.41. The molecule has 2 heterocycles. The Kier molecular flexibility index (Phi) is 3.67. The summed E-state index contributed by atoms with van der Waals surface area (Å²) in [5.41, 5.74) is -1.24. The average molecular weight is 366 g/mol. The smallest absolute Gasteiger partial charge is 0.364 e. The fraction of sp³-hybridized carbons (Fsp3) is 0.500. The second kappa shape index (κ2) is 5.68. The van der Waals surface area contributed by atoms with Crippen molar-refractivity contribution >= 4 is 17.5 Å². The number of aromatic nitrogens is 4. The van der Waals surface area contributed by atoms with Crippen LogP contribution in [0.25, 0.3) is 0 Å². The van der Waals surface area contributed by atoms with Crippen molar-refractivity contribution in [2.24, 2.45) is 0 Å². The van der Waals surface area contributed by atoms with E-state index in [0.29, 0.717) is 5.69 Å². The van der Waals surface area contributed by atoms with E-state index in [1.807, 2.05) is 6.92 Å². The molecule has 0 bridgehead atoms. The SMILES string of the molecule is CC1(Nc2nc(Nc3cnn(C4CC4)c(=O)c3)ncc2C(F)(F)F)CC1. The van der Waals surface area contributed by atoms with Gasteiger partial charge in [-0.15, -0.1) is 0 Å². The molecule has 0 aromatic carbocycles. The molecule has 10 heteroatoms. The molecule has 2 aliphatic carbocycles. The Morgan fingerprint density at radius 2 is 2.00 bits per heavy atom. The molecule has 2 fully saturated rings. The van der Waals surface area contributed by atoms with Crippen LogP contribution in [0.1, 0.15) is 44.2 Å². The topological polar surface area (TPSA) is 84.7 Å². The van der Waals surface area contributed by atoms with E-state index in [0.717, 1.165) is 31.9 Å². The Balaban J connectivity index is 1.61. The third-order valence-corrected chi connectivity index (χ3v) is 4.49. The van der Waals surface area contributed by atoms with Crippen LogP contribution < -0.4 is 16.2 Å². The zero-order valence-electron chi connectivity index (χ0n) is 14.0. The van der Waals surface area contributed by atoms with E-state index in [9.17, 15) is 18.0 Å². The maximum atomic E-state index is 13.2. The van der Waals surface area contributed by atoms with Crippen molar-refractivity contribution in [3.05, 3.63) is 34.4 Å². The van der Waals surface area contributed by atoms with Crippen LogP contribution in [-0.2, 0) is 6.18 Å². The lowest BCUT2D eigenvalue weighted by Crippen LogP contribution is -2.22. The Bertz CT molecular complexity index is 902. The number of hydrogen-bond acceptors (Lipinski definition) is 6. The number of anilines is 3. The van der Waals surface area contributed by atoms with Crippen molar-refractivity contribution in [2.75, 3.05) is 10.6 Å². The van der Waals surface area contributed by atoms with Gasteiger partial charge in [0, 0.05) is 17.8 Å². The first kappa shape index (κ1) is 16.8. The summed E-state index contributed by atoms with van der Waals surface area (Å²) in [6.07, 6.45) is 1.03. The molecule has 2 aromatic heterocycles. The van der Waals surface area contributed by atoms with E-state index in [-0.39, 0.29) is 28.9 Å². The summed E-state index contributed by atoms with van der Waals surface area (Å²) in [4.78, 5) is 19.7. The van der Waals surface area contributed by atoms with Gasteiger partial charge in [-0.05, 0) is 32.6 Å². The summed E-state index contributed by atoms with van der Waals surface area (Å²) in [7, 11) is 0. The van der Waals surface area contributed by atoms with Gasteiger partial charge in [0.2, 0.25) is 5.95 Å². The lowest BCUT2D eigenvalue weighted by Gasteiger charge is -2.18. The molecule has 2 N–H and O–H groups in total. The van der Waals surface area contributed by atoms with Crippen LogP contribution in [0, 0.1) is 0 Å². The first-order valence-electron chi connectivity index (χ1n) is 8.32. The van der Waals surface area contributed by atoms with Gasteiger partial charge in [-0.3, -0.25) is 4.79 Å². The van der Waals surface area contributed by atoms with Gasteiger partial charge in [0.05, 0.1) is 17.9 Å². The van der Waals surface area contributed by atoms with Gasteiger partial charge < -0.3 is 10.6 Å². The summed E-state index contributed by atoms with van der Waals surface area (Å²) in [5.74, 6) is -0.301. The number of halogens is 3. The minimum Gasteiger partial charge on any atom is -0.364 e. The van der Waals surface area contributed by atoms with Crippen molar-refractivity contribution in [3.8, 4) is 0 Å². The molecule has 0 spiro atoms. The number of nitrogens with zero attached hydrogens (tertiary/aromatic N) is 4.